The zero-order valence-corrected chi connectivity index (χ0v) is 45.9. The highest BCUT2D eigenvalue weighted by atomic mass is 32.2. The van der Waals surface area contributed by atoms with Crippen LogP contribution in [0.15, 0.2) is 86.9 Å². The van der Waals surface area contributed by atoms with Gasteiger partial charge in [0.05, 0.1) is 59.0 Å². The van der Waals surface area contributed by atoms with Gasteiger partial charge < -0.3 is 44.5 Å². The second-order valence-corrected chi connectivity index (χ2v) is 23.7. The molecule has 4 atom stereocenters. The van der Waals surface area contributed by atoms with Crippen LogP contribution in [-0.4, -0.2) is 110 Å². The molecule has 5 aromatic heterocycles. The molecule has 0 aliphatic carbocycles. The summed E-state index contributed by atoms with van der Waals surface area (Å²) < 4.78 is 68.6. The van der Waals surface area contributed by atoms with E-state index in [1.54, 1.807) is 47.8 Å². The SMILES string of the molecule is CCN1NC([C@@H]2C[C@@H](O)CN2C(=O)[C@@H](c2cc(OCCCCCNC(=O)c3cc4c(cc3CS(C)(=O)=O)-c3cn(C)c(=O)c5[nH]cc(c35)CN4c3ncc(F)cc3F)no2)C(C)C)=N[C@@]1(C)c1ccc(-c2scnc2C)cc1. The number of carbonyl (C=O) groups is 2. The molecule has 1 fully saturated rings. The number of unbranched alkanes of at least 4 members (excludes halogenated alkanes) is 2. The number of benzene rings is 2. The Bertz CT molecular complexity index is 3650. The minimum absolute atomic E-state index is 0.0214. The van der Waals surface area contributed by atoms with Crippen LogP contribution < -0.4 is 25.9 Å². The van der Waals surface area contributed by atoms with Crippen molar-refractivity contribution >= 4 is 61.2 Å². The molecule has 2 amide bonds. The number of fused-ring (bicyclic) bond motifs is 2. The van der Waals surface area contributed by atoms with Crippen LogP contribution >= 0.6 is 11.3 Å². The molecule has 78 heavy (non-hydrogen) atoms. The molecule has 0 spiro atoms. The van der Waals surface area contributed by atoms with Gasteiger partial charge in [-0.1, -0.05) is 45.0 Å². The summed E-state index contributed by atoms with van der Waals surface area (Å²) in [6, 6.07) is 13.2. The number of anilines is 2. The number of rotatable bonds is 18. The second kappa shape index (κ2) is 21.5. The molecule has 1 saturated heterocycles. The smallest absolute Gasteiger partial charge is 0.274 e. The highest BCUT2D eigenvalue weighted by Gasteiger charge is 2.47. The number of aromatic nitrogens is 5. The summed E-state index contributed by atoms with van der Waals surface area (Å²) in [5, 5.41) is 20.7. The van der Waals surface area contributed by atoms with Gasteiger partial charge in [-0.25, -0.2) is 32.2 Å². The monoisotopic (exact) mass is 1110 g/mol. The lowest BCUT2D eigenvalue weighted by molar-refractivity contribution is -0.134. The first-order valence-electron chi connectivity index (χ1n) is 25.9. The molecule has 3 aliphatic heterocycles. The van der Waals surface area contributed by atoms with Crippen LogP contribution in [0.25, 0.3) is 32.5 Å². The number of sulfone groups is 1. The van der Waals surface area contributed by atoms with Crippen LogP contribution in [-0.2, 0) is 39.6 Å². The number of amidine groups is 1. The van der Waals surface area contributed by atoms with Gasteiger partial charge in [0.25, 0.3) is 17.3 Å². The molecule has 0 saturated carbocycles. The lowest BCUT2D eigenvalue weighted by Gasteiger charge is -2.32. The maximum absolute atomic E-state index is 15.6. The van der Waals surface area contributed by atoms with Gasteiger partial charge in [0.1, 0.15) is 23.1 Å². The lowest BCUT2D eigenvalue weighted by Crippen LogP contribution is -2.51. The number of hydrazine groups is 1. The molecule has 2 aromatic carbocycles. The summed E-state index contributed by atoms with van der Waals surface area (Å²) in [6.07, 6.45) is 6.43. The van der Waals surface area contributed by atoms with E-state index in [1.165, 1.54) is 15.5 Å². The van der Waals surface area contributed by atoms with E-state index in [1.807, 2.05) is 45.1 Å². The number of halogens is 2. The Hall–Kier alpha value is -7.34. The summed E-state index contributed by atoms with van der Waals surface area (Å²) in [6.45, 7) is 11.1. The molecule has 0 unspecified atom stereocenters. The highest BCUT2D eigenvalue weighted by molar-refractivity contribution is 7.89. The summed E-state index contributed by atoms with van der Waals surface area (Å²) in [5.74, 6) is -3.17. The van der Waals surface area contributed by atoms with Crippen molar-refractivity contribution in [3.63, 3.8) is 0 Å². The fraction of sp³-hybridized carbons (Fsp3) is 0.400. The van der Waals surface area contributed by atoms with Gasteiger partial charge >= 0.3 is 0 Å². The van der Waals surface area contributed by atoms with Crippen LogP contribution in [0.2, 0.25) is 0 Å². The van der Waals surface area contributed by atoms with Gasteiger partial charge in [0, 0.05) is 86.0 Å². The quantitative estimate of drug-likeness (QED) is 0.0606. The standard InChI is InChI=1S/C55H61F2N11O8S2/c1-8-68-55(5,35-14-12-32(13-15-35)49-31(4)61-29-77-49)62-50(63-68)43-20-37(69)26-67(43)53(71)46(30(2)3)44-22-45(64-76-44)75-17-11-9-10-16-58-52(70)38-21-42-39(18-33(38)28-78(7,73)74)40-27-65(6)54(72)48-47(40)34(23-59-48)25-66(42)51-41(57)19-36(56)24-60-51/h12-15,18-19,21-24,27,29-30,37,43,46,59,69H,8-11,16-17,20,25-26,28H2,1-7H3,(H,58,70)(H,62,63)/t37-,43+,46-,55-/m1/s1. The minimum Gasteiger partial charge on any atom is -0.476 e. The molecule has 7 aromatic rings. The van der Waals surface area contributed by atoms with Crippen molar-refractivity contribution in [2.24, 2.45) is 18.0 Å². The first kappa shape index (κ1) is 54.0. The molecule has 4 N–H and O–H groups in total. The van der Waals surface area contributed by atoms with Crippen LogP contribution in [0, 0.1) is 24.5 Å². The fourth-order valence-electron chi connectivity index (χ4n) is 10.9. The number of likely N-dealkylation sites (tertiary alicyclic amines) is 1. The third-order valence-corrected chi connectivity index (χ3v) is 16.6. The lowest BCUT2D eigenvalue weighted by atomic mass is 9.91. The van der Waals surface area contributed by atoms with E-state index in [9.17, 15) is 32.3 Å². The number of hydrogen-bond donors (Lipinski definition) is 4. The van der Waals surface area contributed by atoms with Crippen molar-refractivity contribution < 1.29 is 41.2 Å². The maximum atomic E-state index is 15.6. The number of ether oxygens (including phenoxy) is 1. The number of aryl methyl sites for hydroxylation is 2. The molecule has 3 aliphatic rings. The Labute approximate surface area is 453 Å². The van der Waals surface area contributed by atoms with E-state index in [0.29, 0.717) is 77.7 Å². The van der Waals surface area contributed by atoms with Gasteiger partial charge in [-0.05, 0) is 78.6 Å². The zero-order valence-electron chi connectivity index (χ0n) is 44.3. The molecule has 410 valence electrons. The van der Waals surface area contributed by atoms with Gasteiger partial charge in [0.2, 0.25) is 5.91 Å². The molecule has 0 radical (unpaired) electrons. The Morgan fingerprint density at radius 1 is 1.08 bits per heavy atom. The number of carbonyl (C=O) groups excluding carboxylic acids is 2. The number of β-amino-alcohol motifs (C(OH)–C–C–N with tert-alkyl or cyclic N) is 1. The average Bonchev–Trinajstić information content (AvgIpc) is 4.42. The topological polar surface area (TPSA) is 233 Å². The fourth-order valence-corrected chi connectivity index (χ4v) is 12.5. The highest BCUT2D eigenvalue weighted by Crippen LogP contribution is 2.45. The maximum Gasteiger partial charge on any atom is 0.274 e. The van der Waals surface area contributed by atoms with E-state index in [0.717, 1.165) is 34.2 Å². The van der Waals surface area contributed by atoms with Crippen molar-refractivity contribution in [3.05, 3.63) is 128 Å². The third-order valence-electron chi connectivity index (χ3n) is 14.8. The van der Waals surface area contributed by atoms with Crippen LogP contribution in [0.5, 0.6) is 5.88 Å². The van der Waals surface area contributed by atoms with E-state index in [2.05, 4.69) is 55.1 Å². The number of nitrogens with zero attached hydrogens (tertiary/aromatic N) is 8. The molecule has 10 rings (SSSR count). The molecule has 23 heteroatoms. The predicted molar refractivity (Wildman–Crippen MR) is 292 cm³/mol. The molecule has 19 nitrogen and oxygen atoms in total. The van der Waals surface area contributed by atoms with E-state index >= 15 is 4.39 Å². The minimum atomic E-state index is -3.70. The van der Waals surface area contributed by atoms with Crippen LogP contribution in [0.3, 0.4) is 0 Å². The van der Waals surface area contributed by atoms with Gasteiger partial charge in [0.15, 0.2) is 32.9 Å². The number of thiazole rings is 1. The van der Waals surface area contributed by atoms with Crippen molar-refractivity contribution in [2.45, 2.75) is 96.3 Å². The zero-order chi connectivity index (χ0) is 55.4. The Morgan fingerprint density at radius 3 is 2.56 bits per heavy atom. The van der Waals surface area contributed by atoms with Crippen molar-refractivity contribution in [2.75, 3.05) is 37.4 Å². The first-order chi connectivity index (χ1) is 37.2. The summed E-state index contributed by atoms with van der Waals surface area (Å²) >= 11 is 1.60. The summed E-state index contributed by atoms with van der Waals surface area (Å²) in [7, 11) is -2.12. The molecule has 0 bridgehead atoms. The van der Waals surface area contributed by atoms with E-state index in [-0.39, 0.29) is 72.0 Å². The second-order valence-electron chi connectivity index (χ2n) is 20.7. The van der Waals surface area contributed by atoms with Gasteiger partial charge in [-0.3, -0.25) is 14.4 Å². The first-order valence-corrected chi connectivity index (χ1v) is 28.8. The van der Waals surface area contributed by atoms with E-state index < -0.39 is 56.9 Å². The molecular formula is C55H61F2N11O8S2. The third kappa shape index (κ3) is 10.4. The molecule has 8 heterocycles. The van der Waals surface area contributed by atoms with Crippen molar-refractivity contribution in [1.29, 1.82) is 0 Å². The van der Waals surface area contributed by atoms with Gasteiger partial charge in [-0.2, -0.15) is 5.01 Å². The number of aliphatic imine (C=N–C) groups is 1. The number of aromatic amines is 1. The number of nitrogens with one attached hydrogen (secondary N) is 3. The number of hydrogen-bond acceptors (Lipinski definition) is 16. The average molecular weight is 1110 g/mol. The summed E-state index contributed by atoms with van der Waals surface area (Å²) in [4.78, 5) is 62.9. The Kier molecular flexibility index (Phi) is 14.9. The predicted octanol–water partition coefficient (Wildman–Crippen LogP) is 7.62. The number of amides is 2. The van der Waals surface area contributed by atoms with Gasteiger partial charge in [-0.15, -0.1) is 11.3 Å². The number of aliphatic hydroxyl groups excluding tert-OH is 1. The Balaban J connectivity index is 0.786. The largest absolute Gasteiger partial charge is 0.476 e. The number of H-pyrrole nitrogens is 1. The Morgan fingerprint density at radius 2 is 1.86 bits per heavy atom. The normalized spacial score (nSPS) is 18.8. The summed E-state index contributed by atoms with van der Waals surface area (Å²) in [5.41, 5.74) is 9.63. The number of aliphatic hydroxyl groups is 1. The van der Waals surface area contributed by atoms with Crippen molar-refractivity contribution in [3.8, 4) is 27.4 Å². The number of pyridine rings is 2. The van der Waals surface area contributed by atoms with Crippen molar-refractivity contribution in [1.82, 2.24) is 45.3 Å². The van der Waals surface area contributed by atoms with Crippen LogP contribution in [0.1, 0.15) is 97.8 Å². The molecular weight excluding hydrogens is 1040 g/mol. The van der Waals surface area contributed by atoms with E-state index in [4.69, 9.17) is 14.3 Å². The van der Waals surface area contributed by atoms with Crippen LogP contribution in [0.4, 0.5) is 20.3 Å².